The number of carboxylic acids is 1. The lowest BCUT2D eigenvalue weighted by molar-refractivity contribution is 0.0693. The van der Waals surface area contributed by atoms with E-state index in [9.17, 15) is 4.79 Å². The van der Waals surface area contributed by atoms with E-state index in [0.717, 1.165) is 11.7 Å². The van der Waals surface area contributed by atoms with E-state index in [1.807, 2.05) is 0 Å². The predicted octanol–water partition coefficient (Wildman–Crippen LogP) is -0.181. The van der Waals surface area contributed by atoms with Gasteiger partial charge in [-0.25, -0.2) is 4.79 Å². The Hall–Kier alpha value is -1.17. The first-order valence-corrected chi connectivity index (χ1v) is 2.76. The van der Waals surface area contributed by atoms with Crippen LogP contribution in [0.1, 0.15) is 10.5 Å². The Morgan fingerprint density at radius 2 is 2.33 bits per heavy atom. The molecule has 1 aromatic heterocycles. The number of hydrogen-bond donors (Lipinski definition) is 2. The van der Waals surface area contributed by atoms with Crippen molar-refractivity contribution in [1.29, 1.82) is 0 Å². The molecule has 0 fully saturated rings. The number of carbonyl (C=O) groups is 1. The minimum absolute atomic E-state index is 0.0208. The number of rotatable bonds is 1. The van der Waals surface area contributed by atoms with E-state index in [2.05, 4.69) is 8.75 Å². The molecule has 5 nitrogen and oxygen atoms in total. The van der Waals surface area contributed by atoms with Gasteiger partial charge in [-0.2, -0.15) is 8.75 Å². The first-order chi connectivity index (χ1) is 4.22. The molecule has 48 valence electrons. The molecule has 0 radical (unpaired) electrons. The average Bonchev–Trinajstić information content (AvgIpc) is 2.13. The van der Waals surface area contributed by atoms with E-state index < -0.39 is 5.97 Å². The van der Waals surface area contributed by atoms with Gasteiger partial charge < -0.3 is 10.8 Å². The molecule has 0 aliphatic rings. The lowest BCUT2D eigenvalue weighted by Crippen LogP contribution is -2.00. The molecule has 9 heavy (non-hydrogen) atoms. The Morgan fingerprint density at radius 1 is 1.67 bits per heavy atom. The smallest absolute Gasteiger partial charge is 0.359 e. The van der Waals surface area contributed by atoms with Crippen LogP contribution in [0.5, 0.6) is 0 Å². The van der Waals surface area contributed by atoms with E-state index in [4.69, 9.17) is 10.8 Å². The van der Waals surface area contributed by atoms with Crippen molar-refractivity contribution in [2.45, 2.75) is 0 Å². The summed E-state index contributed by atoms with van der Waals surface area (Å²) in [6.07, 6.45) is 0. The van der Waals surface area contributed by atoms with E-state index in [-0.39, 0.29) is 11.5 Å². The van der Waals surface area contributed by atoms with Gasteiger partial charge in [-0.3, -0.25) is 0 Å². The van der Waals surface area contributed by atoms with Gasteiger partial charge in [0, 0.05) is 0 Å². The monoisotopic (exact) mass is 145 g/mol. The number of aromatic carboxylic acids is 1. The molecule has 6 heteroatoms. The zero-order chi connectivity index (χ0) is 6.85. The maximum atomic E-state index is 10.1. The third-order valence-electron chi connectivity index (χ3n) is 0.716. The zero-order valence-corrected chi connectivity index (χ0v) is 5.05. The summed E-state index contributed by atoms with van der Waals surface area (Å²) < 4.78 is 6.89. The van der Waals surface area contributed by atoms with Gasteiger partial charge in [0.25, 0.3) is 0 Å². The summed E-state index contributed by atoms with van der Waals surface area (Å²) in [6.45, 7) is 0. The van der Waals surface area contributed by atoms with Gasteiger partial charge in [-0.1, -0.05) is 0 Å². The molecule has 3 N–H and O–H groups in total. The molecule has 0 aromatic carbocycles. The van der Waals surface area contributed by atoms with Crippen LogP contribution < -0.4 is 5.73 Å². The van der Waals surface area contributed by atoms with Crippen LogP contribution in [0.3, 0.4) is 0 Å². The predicted molar refractivity (Wildman–Crippen MR) is 31.3 cm³/mol. The second kappa shape index (κ2) is 1.98. The van der Waals surface area contributed by atoms with Crippen LogP contribution in [-0.4, -0.2) is 19.8 Å². The van der Waals surface area contributed by atoms with Crippen LogP contribution in [0.2, 0.25) is 0 Å². The van der Waals surface area contributed by atoms with Crippen molar-refractivity contribution in [2.75, 3.05) is 5.73 Å². The molecule has 0 amide bonds. The number of carboxylic acid groups (broad SMARTS) is 1. The minimum Gasteiger partial charge on any atom is -0.476 e. The fourth-order valence-corrected chi connectivity index (χ4v) is 0.812. The number of hydrogen-bond acceptors (Lipinski definition) is 5. The number of nitrogens with zero attached hydrogens (tertiary/aromatic N) is 2. The van der Waals surface area contributed by atoms with Crippen LogP contribution in [0.25, 0.3) is 0 Å². The Bertz CT molecular complexity index is 233. The van der Waals surface area contributed by atoms with Crippen molar-refractivity contribution in [2.24, 2.45) is 0 Å². The second-order valence-corrected chi connectivity index (χ2v) is 1.83. The van der Waals surface area contributed by atoms with Crippen LogP contribution in [-0.2, 0) is 0 Å². The summed E-state index contributed by atoms with van der Waals surface area (Å²) in [4.78, 5) is 10.1. The highest BCUT2D eigenvalue weighted by Crippen LogP contribution is 2.05. The molecule has 0 atom stereocenters. The summed E-state index contributed by atoms with van der Waals surface area (Å²) in [7, 11) is 0. The molecule has 0 saturated carbocycles. The standard InChI is InChI=1S/C3H3N3O2S/c4-2-1(3(7)8)5-9-6-2/h(H2,4,6)(H,7,8). The maximum Gasteiger partial charge on any atom is 0.359 e. The quantitative estimate of drug-likeness (QED) is 0.572. The van der Waals surface area contributed by atoms with Crippen molar-refractivity contribution in [3.8, 4) is 0 Å². The Kier molecular flexibility index (Phi) is 1.31. The van der Waals surface area contributed by atoms with Gasteiger partial charge in [0.2, 0.25) is 5.69 Å². The van der Waals surface area contributed by atoms with Crippen LogP contribution >= 0.6 is 11.7 Å². The van der Waals surface area contributed by atoms with E-state index in [0.29, 0.717) is 0 Å². The van der Waals surface area contributed by atoms with E-state index >= 15 is 0 Å². The molecule has 1 rings (SSSR count). The maximum absolute atomic E-state index is 10.1. The minimum atomic E-state index is -1.14. The molecule has 0 aliphatic heterocycles. The van der Waals surface area contributed by atoms with Gasteiger partial charge in [0.1, 0.15) is 0 Å². The third kappa shape index (κ3) is 0.968. The second-order valence-electron chi connectivity index (χ2n) is 1.30. The summed E-state index contributed by atoms with van der Waals surface area (Å²) in [5.41, 5.74) is 4.93. The largest absolute Gasteiger partial charge is 0.476 e. The SMILES string of the molecule is Nc1nsnc1C(=O)O. The Labute approximate surface area is 54.5 Å². The fraction of sp³-hybridized carbons (Fsp3) is 0. The molecule has 1 heterocycles. The van der Waals surface area contributed by atoms with Crippen molar-refractivity contribution < 1.29 is 9.90 Å². The van der Waals surface area contributed by atoms with Crippen molar-refractivity contribution in [1.82, 2.24) is 8.75 Å². The number of nitrogens with two attached hydrogens (primary N) is 1. The highest BCUT2D eigenvalue weighted by Gasteiger charge is 2.10. The van der Waals surface area contributed by atoms with Crippen molar-refractivity contribution >= 4 is 23.5 Å². The summed E-state index contributed by atoms with van der Waals surface area (Å²) in [5.74, 6) is -1.16. The molecule has 0 spiro atoms. The lowest BCUT2D eigenvalue weighted by Gasteiger charge is -1.82. The first-order valence-electron chi connectivity index (χ1n) is 2.03. The molecule has 0 bridgehead atoms. The van der Waals surface area contributed by atoms with Gasteiger partial charge in [-0.05, 0) is 0 Å². The number of nitrogen functional groups attached to an aromatic ring is 1. The summed E-state index contributed by atoms with van der Waals surface area (Å²) >= 11 is 0.789. The van der Waals surface area contributed by atoms with Crippen LogP contribution in [0.15, 0.2) is 0 Å². The van der Waals surface area contributed by atoms with Gasteiger partial charge in [0.15, 0.2) is 5.82 Å². The van der Waals surface area contributed by atoms with Crippen molar-refractivity contribution in [3.63, 3.8) is 0 Å². The molecular weight excluding hydrogens is 142 g/mol. The van der Waals surface area contributed by atoms with Crippen LogP contribution in [0.4, 0.5) is 5.82 Å². The van der Waals surface area contributed by atoms with E-state index in [1.54, 1.807) is 0 Å². The first kappa shape index (κ1) is 5.96. The Morgan fingerprint density at radius 3 is 2.56 bits per heavy atom. The topological polar surface area (TPSA) is 89.1 Å². The molecule has 0 aliphatic carbocycles. The molecule has 0 saturated heterocycles. The molecule has 0 unspecified atom stereocenters. The average molecular weight is 145 g/mol. The Balaban J connectivity index is 3.08. The number of aromatic nitrogens is 2. The van der Waals surface area contributed by atoms with Gasteiger partial charge in [0.05, 0.1) is 11.7 Å². The molecule has 1 aromatic rings. The van der Waals surface area contributed by atoms with Crippen molar-refractivity contribution in [3.05, 3.63) is 5.69 Å². The normalized spacial score (nSPS) is 9.33. The highest BCUT2D eigenvalue weighted by atomic mass is 32.1. The van der Waals surface area contributed by atoms with Gasteiger partial charge in [-0.15, -0.1) is 0 Å². The molecular formula is C3H3N3O2S. The summed E-state index contributed by atoms with van der Waals surface area (Å²) in [6, 6.07) is 0. The fourth-order valence-electron chi connectivity index (χ4n) is 0.344. The summed E-state index contributed by atoms with van der Waals surface area (Å²) in [5, 5.41) is 8.28. The number of anilines is 1. The third-order valence-corrected chi connectivity index (χ3v) is 1.26. The van der Waals surface area contributed by atoms with Crippen LogP contribution in [0, 0.1) is 0 Å². The lowest BCUT2D eigenvalue weighted by atomic mass is 10.4. The van der Waals surface area contributed by atoms with E-state index in [1.165, 1.54) is 0 Å². The van der Waals surface area contributed by atoms with Gasteiger partial charge >= 0.3 is 5.97 Å². The highest BCUT2D eigenvalue weighted by molar-refractivity contribution is 6.99. The zero-order valence-electron chi connectivity index (χ0n) is 4.24.